The first-order valence-corrected chi connectivity index (χ1v) is 10.1. The first-order valence-electron chi connectivity index (χ1n) is 9.22. The molecule has 146 valence electrons. The molecule has 0 aliphatic carbocycles. The van der Waals surface area contributed by atoms with Gasteiger partial charge in [0.25, 0.3) is 5.89 Å². The summed E-state index contributed by atoms with van der Waals surface area (Å²) in [6.07, 6.45) is 3.90. The van der Waals surface area contributed by atoms with E-state index >= 15 is 0 Å². The van der Waals surface area contributed by atoms with Crippen LogP contribution in [0.4, 0.5) is 15.2 Å². The summed E-state index contributed by atoms with van der Waals surface area (Å²) in [6.45, 7) is 3.10. The summed E-state index contributed by atoms with van der Waals surface area (Å²) in [5.41, 5.74) is 1.02. The summed E-state index contributed by atoms with van der Waals surface area (Å²) in [7, 11) is 0. The highest BCUT2D eigenvalue weighted by atomic mass is 32.1. The molecule has 2 aromatic heterocycles. The maximum atomic E-state index is 14.8. The molecule has 0 spiro atoms. The number of amides is 1. The lowest BCUT2D eigenvalue weighted by atomic mass is 9.96. The molecule has 7 nitrogen and oxygen atoms in total. The summed E-state index contributed by atoms with van der Waals surface area (Å²) in [6, 6.07) is 4.88. The van der Waals surface area contributed by atoms with E-state index in [1.165, 1.54) is 17.4 Å². The second kappa shape index (κ2) is 8.05. The zero-order valence-electron chi connectivity index (χ0n) is 15.4. The molecule has 1 fully saturated rings. The number of aromatic nitrogens is 3. The van der Waals surface area contributed by atoms with Crippen LogP contribution in [0.3, 0.4) is 0 Å². The lowest BCUT2D eigenvalue weighted by Crippen LogP contribution is -2.41. The van der Waals surface area contributed by atoms with E-state index in [4.69, 9.17) is 4.52 Å². The molecule has 1 aliphatic rings. The van der Waals surface area contributed by atoms with Gasteiger partial charge in [-0.3, -0.25) is 4.79 Å². The van der Waals surface area contributed by atoms with Gasteiger partial charge in [-0.15, -0.1) is 11.3 Å². The minimum Gasteiger partial charge on any atom is -0.368 e. The lowest BCUT2D eigenvalue weighted by Gasteiger charge is -2.33. The summed E-state index contributed by atoms with van der Waals surface area (Å²) in [5, 5.41) is 9.08. The fourth-order valence-electron chi connectivity index (χ4n) is 3.31. The quantitative estimate of drug-likeness (QED) is 0.701. The average Bonchev–Trinajstić information content (AvgIpc) is 3.40. The molecule has 3 aromatic rings. The van der Waals surface area contributed by atoms with Crippen LogP contribution < -0.4 is 10.2 Å². The Bertz CT molecular complexity index is 959. The highest BCUT2D eigenvalue weighted by Gasteiger charge is 2.28. The van der Waals surface area contributed by atoms with Crippen molar-refractivity contribution >= 4 is 28.1 Å². The molecule has 1 atom stereocenters. The molecular weight excluding hydrogens is 381 g/mol. The van der Waals surface area contributed by atoms with Crippen LogP contribution >= 0.6 is 11.3 Å². The number of piperidine rings is 1. The van der Waals surface area contributed by atoms with E-state index in [1.54, 1.807) is 18.3 Å². The van der Waals surface area contributed by atoms with Crippen LogP contribution in [0.25, 0.3) is 11.5 Å². The Morgan fingerprint density at radius 1 is 1.46 bits per heavy atom. The van der Waals surface area contributed by atoms with Crippen molar-refractivity contribution in [2.45, 2.75) is 26.2 Å². The van der Waals surface area contributed by atoms with Crippen LogP contribution in [0, 0.1) is 11.7 Å². The third-order valence-corrected chi connectivity index (χ3v) is 5.46. The Morgan fingerprint density at radius 3 is 3.07 bits per heavy atom. The van der Waals surface area contributed by atoms with Crippen molar-refractivity contribution in [1.82, 2.24) is 15.1 Å². The first-order chi connectivity index (χ1) is 13.6. The molecule has 1 aromatic carbocycles. The van der Waals surface area contributed by atoms with E-state index in [1.807, 2.05) is 17.2 Å². The number of thiazole rings is 1. The fraction of sp³-hybridized carbons (Fsp3) is 0.368. The number of aryl methyl sites for hydroxylation is 1. The van der Waals surface area contributed by atoms with Crippen molar-refractivity contribution in [3.8, 4) is 11.5 Å². The van der Waals surface area contributed by atoms with E-state index in [-0.39, 0.29) is 17.6 Å². The maximum absolute atomic E-state index is 14.8. The third-order valence-electron chi connectivity index (χ3n) is 4.77. The summed E-state index contributed by atoms with van der Waals surface area (Å²) >= 11 is 1.38. The van der Waals surface area contributed by atoms with E-state index in [0.29, 0.717) is 47.6 Å². The lowest BCUT2D eigenvalue weighted by molar-refractivity contribution is -0.120. The molecule has 1 aliphatic heterocycles. The van der Waals surface area contributed by atoms with Gasteiger partial charge in [-0.2, -0.15) is 4.98 Å². The topological polar surface area (TPSA) is 84.2 Å². The van der Waals surface area contributed by atoms with Crippen LogP contribution in [-0.4, -0.2) is 34.1 Å². The van der Waals surface area contributed by atoms with Crippen LogP contribution in [0.1, 0.15) is 25.6 Å². The number of carbonyl (C=O) groups is 1. The molecule has 1 unspecified atom stereocenters. The fourth-order valence-corrected chi connectivity index (χ4v) is 3.85. The van der Waals surface area contributed by atoms with Gasteiger partial charge in [-0.1, -0.05) is 12.1 Å². The van der Waals surface area contributed by atoms with E-state index in [9.17, 15) is 9.18 Å². The van der Waals surface area contributed by atoms with Crippen molar-refractivity contribution < 1.29 is 13.7 Å². The van der Waals surface area contributed by atoms with Gasteiger partial charge in [0.1, 0.15) is 5.82 Å². The van der Waals surface area contributed by atoms with Crippen molar-refractivity contribution in [2.75, 3.05) is 23.3 Å². The zero-order valence-corrected chi connectivity index (χ0v) is 16.2. The van der Waals surface area contributed by atoms with Crippen molar-refractivity contribution in [1.29, 1.82) is 0 Å². The largest absolute Gasteiger partial charge is 0.368 e. The van der Waals surface area contributed by atoms with Crippen LogP contribution in [-0.2, 0) is 11.2 Å². The Hall–Kier alpha value is -2.81. The average molecular weight is 401 g/mol. The number of rotatable bonds is 5. The minimum absolute atomic E-state index is 0.0744. The molecule has 0 bridgehead atoms. The normalized spacial score (nSPS) is 16.9. The summed E-state index contributed by atoms with van der Waals surface area (Å²) < 4.78 is 20.0. The highest BCUT2D eigenvalue weighted by Crippen LogP contribution is 2.29. The zero-order chi connectivity index (χ0) is 19.5. The SMILES string of the molecule is CCc1noc(-c2ccc(N3CCCC(C(=O)Nc4nccs4)C3)c(F)c2)n1. The van der Waals surface area contributed by atoms with Gasteiger partial charge < -0.3 is 14.7 Å². The minimum atomic E-state index is -0.366. The molecule has 3 heterocycles. The number of carbonyl (C=O) groups excluding carboxylic acids is 1. The van der Waals surface area contributed by atoms with Gasteiger partial charge in [-0.05, 0) is 31.0 Å². The third kappa shape index (κ3) is 3.89. The highest BCUT2D eigenvalue weighted by molar-refractivity contribution is 7.13. The molecule has 28 heavy (non-hydrogen) atoms. The standard InChI is InChI=1S/C19H20FN5O2S/c1-2-16-22-18(27-24-16)12-5-6-15(14(20)10-12)25-8-3-4-13(11-25)17(26)23-19-21-7-9-28-19/h5-7,9-10,13H,2-4,8,11H2,1H3,(H,21,23,26). The predicted molar refractivity (Wildman–Crippen MR) is 105 cm³/mol. The maximum Gasteiger partial charge on any atom is 0.258 e. The van der Waals surface area contributed by atoms with Crippen molar-refractivity contribution in [3.63, 3.8) is 0 Å². The summed E-state index contributed by atoms with van der Waals surface area (Å²) in [5.74, 6) is 0.246. The molecule has 0 radical (unpaired) electrons. The number of nitrogens with one attached hydrogen (secondary N) is 1. The molecule has 4 rings (SSSR count). The van der Waals surface area contributed by atoms with Crippen molar-refractivity contribution in [2.24, 2.45) is 5.92 Å². The Balaban J connectivity index is 1.48. The molecule has 0 saturated carbocycles. The van der Waals surface area contributed by atoms with Gasteiger partial charge in [0.2, 0.25) is 5.91 Å². The van der Waals surface area contributed by atoms with Crippen LogP contribution in [0.5, 0.6) is 0 Å². The second-order valence-corrected chi connectivity index (χ2v) is 7.54. The van der Waals surface area contributed by atoms with E-state index < -0.39 is 0 Å². The monoisotopic (exact) mass is 401 g/mol. The van der Waals surface area contributed by atoms with E-state index in [0.717, 1.165) is 12.8 Å². The van der Waals surface area contributed by atoms with Crippen LogP contribution in [0.2, 0.25) is 0 Å². The van der Waals surface area contributed by atoms with Gasteiger partial charge in [-0.25, -0.2) is 9.37 Å². The smallest absolute Gasteiger partial charge is 0.258 e. The number of nitrogens with zero attached hydrogens (tertiary/aromatic N) is 4. The molecule has 1 N–H and O–H groups in total. The number of benzene rings is 1. The molecule has 1 saturated heterocycles. The van der Waals surface area contributed by atoms with Gasteiger partial charge in [0, 0.05) is 36.7 Å². The van der Waals surface area contributed by atoms with Crippen molar-refractivity contribution in [3.05, 3.63) is 41.4 Å². The van der Waals surface area contributed by atoms with E-state index in [2.05, 4.69) is 20.4 Å². The van der Waals surface area contributed by atoms with Gasteiger partial charge >= 0.3 is 0 Å². The van der Waals surface area contributed by atoms with Crippen LogP contribution in [0.15, 0.2) is 34.3 Å². The van der Waals surface area contributed by atoms with Gasteiger partial charge in [0.05, 0.1) is 11.6 Å². The molecule has 9 heteroatoms. The molecule has 1 amide bonds. The Kier molecular flexibility index (Phi) is 5.34. The summed E-state index contributed by atoms with van der Waals surface area (Å²) in [4.78, 5) is 22.7. The number of anilines is 2. The second-order valence-electron chi connectivity index (χ2n) is 6.65. The Labute approximate surface area is 165 Å². The molecular formula is C19H20FN5O2S. The number of halogens is 1. The Morgan fingerprint density at radius 2 is 2.36 bits per heavy atom. The number of hydrogen-bond donors (Lipinski definition) is 1. The first kappa shape index (κ1) is 18.5. The number of hydrogen-bond acceptors (Lipinski definition) is 7. The predicted octanol–water partition coefficient (Wildman–Crippen LogP) is 3.75. The van der Waals surface area contributed by atoms with Gasteiger partial charge in [0.15, 0.2) is 11.0 Å².